The second-order valence-electron chi connectivity index (χ2n) is 3.94. The quantitative estimate of drug-likeness (QED) is 0.660. The van der Waals surface area contributed by atoms with Crippen LogP contribution in [-0.4, -0.2) is 14.6 Å². The highest BCUT2D eigenvalue weighted by molar-refractivity contribution is 7.89. The molecule has 1 N–H and O–H groups in total. The van der Waals surface area contributed by atoms with E-state index in [0.717, 1.165) is 0 Å². The summed E-state index contributed by atoms with van der Waals surface area (Å²) in [6, 6.07) is 10.6. The molecular formula is C13H9Cl3N2O2S. The summed E-state index contributed by atoms with van der Waals surface area (Å²) in [5, 5.41) is 4.86. The van der Waals surface area contributed by atoms with Gasteiger partial charge in [0.2, 0.25) is 0 Å². The van der Waals surface area contributed by atoms with Crippen LogP contribution in [0.3, 0.4) is 0 Å². The molecule has 0 aliphatic rings. The summed E-state index contributed by atoms with van der Waals surface area (Å²) in [6.45, 7) is 0. The summed E-state index contributed by atoms with van der Waals surface area (Å²) in [7, 11) is -3.77. The van der Waals surface area contributed by atoms with Crippen molar-refractivity contribution in [2.45, 2.75) is 4.90 Å². The molecule has 0 aliphatic carbocycles. The zero-order chi connectivity index (χ0) is 15.5. The highest BCUT2D eigenvalue weighted by Gasteiger charge is 2.12. The Morgan fingerprint density at radius 3 is 2.10 bits per heavy atom. The van der Waals surface area contributed by atoms with Crippen molar-refractivity contribution in [2.75, 3.05) is 0 Å². The summed E-state index contributed by atoms with van der Waals surface area (Å²) in [6.07, 6.45) is 1.25. The van der Waals surface area contributed by atoms with Gasteiger partial charge in [-0.15, -0.1) is 0 Å². The number of nitrogens with one attached hydrogen (secondary N) is 1. The van der Waals surface area contributed by atoms with Gasteiger partial charge >= 0.3 is 0 Å². The molecule has 0 radical (unpaired) electrons. The first-order valence-corrected chi connectivity index (χ1v) is 8.26. The Balaban J connectivity index is 2.19. The topological polar surface area (TPSA) is 58.5 Å². The number of halogens is 3. The molecule has 2 rings (SSSR count). The van der Waals surface area contributed by atoms with Crippen LogP contribution in [0.15, 0.2) is 52.5 Å². The van der Waals surface area contributed by atoms with Crippen LogP contribution in [0, 0.1) is 0 Å². The minimum absolute atomic E-state index is 0.0503. The Hall–Kier alpha value is -1.27. The molecule has 0 aliphatic heterocycles. The van der Waals surface area contributed by atoms with Crippen LogP contribution in [-0.2, 0) is 10.0 Å². The predicted octanol–water partition coefficient (Wildman–Crippen LogP) is 3.96. The normalized spacial score (nSPS) is 11.8. The number of benzene rings is 2. The molecule has 2 aromatic rings. The van der Waals surface area contributed by atoms with E-state index in [-0.39, 0.29) is 4.90 Å². The molecule has 8 heteroatoms. The molecule has 0 spiro atoms. The second kappa shape index (κ2) is 6.66. The summed E-state index contributed by atoms with van der Waals surface area (Å²) in [4.78, 5) is 2.13. The standard InChI is InChI=1S/C13H9Cl3N2O2S/c14-9-4-6-10(7-5-9)21(19,20)18-17-8-11-12(15)2-1-3-13(11)16/h1-8,18H/b17-8+. The van der Waals surface area contributed by atoms with Gasteiger partial charge in [0.05, 0.1) is 21.2 Å². The Morgan fingerprint density at radius 1 is 0.952 bits per heavy atom. The van der Waals surface area contributed by atoms with Crippen LogP contribution in [0.5, 0.6) is 0 Å². The predicted molar refractivity (Wildman–Crippen MR) is 85.8 cm³/mol. The summed E-state index contributed by atoms with van der Waals surface area (Å²) >= 11 is 17.6. The first kappa shape index (κ1) is 16.1. The van der Waals surface area contributed by atoms with E-state index in [1.54, 1.807) is 18.2 Å². The zero-order valence-electron chi connectivity index (χ0n) is 10.4. The molecule has 2 aromatic carbocycles. The highest BCUT2D eigenvalue weighted by Crippen LogP contribution is 2.22. The first-order valence-electron chi connectivity index (χ1n) is 5.64. The molecule has 0 amide bonds. The van der Waals surface area contributed by atoms with Crippen LogP contribution < -0.4 is 4.83 Å². The maximum atomic E-state index is 12.0. The van der Waals surface area contributed by atoms with Crippen molar-refractivity contribution >= 4 is 51.0 Å². The van der Waals surface area contributed by atoms with Gasteiger partial charge in [-0.25, -0.2) is 4.83 Å². The number of hydrogen-bond acceptors (Lipinski definition) is 3. The molecule has 0 unspecified atom stereocenters. The summed E-state index contributed by atoms with van der Waals surface area (Å²) < 4.78 is 23.9. The smallest absolute Gasteiger partial charge is 0.200 e. The van der Waals surface area contributed by atoms with Crippen molar-refractivity contribution in [3.63, 3.8) is 0 Å². The van der Waals surface area contributed by atoms with E-state index >= 15 is 0 Å². The number of hydrazone groups is 1. The van der Waals surface area contributed by atoms with Crippen LogP contribution in [0.1, 0.15) is 5.56 Å². The van der Waals surface area contributed by atoms with Crippen LogP contribution >= 0.6 is 34.8 Å². The Labute approximate surface area is 137 Å². The number of hydrogen-bond donors (Lipinski definition) is 1. The second-order valence-corrected chi connectivity index (χ2v) is 6.85. The molecule has 110 valence electrons. The third kappa shape index (κ3) is 4.11. The molecule has 4 nitrogen and oxygen atoms in total. The van der Waals surface area contributed by atoms with Crippen molar-refractivity contribution < 1.29 is 8.42 Å². The fraction of sp³-hybridized carbons (Fsp3) is 0. The van der Waals surface area contributed by atoms with E-state index in [4.69, 9.17) is 34.8 Å². The molecule has 0 bridgehead atoms. The van der Waals surface area contributed by atoms with E-state index in [1.807, 2.05) is 0 Å². The van der Waals surface area contributed by atoms with E-state index in [2.05, 4.69) is 9.93 Å². The van der Waals surface area contributed by atoms with E-state index < -0.39 is 10.0 Å². The van der Waals surface area contributed by atoms with Crippen molar-refractivity contribution in [3.05, 3.63) is 63.1 Å². The third-order valence-corrected chi connectivity index (χ3v) is 4.64. The van der Waals surface area contributed by atoms with E-state index in [0.29, 0.717) is 20.6 Å². The largest absolute Gasteiger partial charge is 0.276 e. The molecule has 0 atom stereocenters. The maximum absolute atomic E-state index is 12.0. The lowest BCUT2D eigenvalue weighted by atomic mass is 10.2. The first-order chi connectivity index (χ1) is 9.90. The molecule has 0 saturated heterocycles. The summed E-state index contributed by atoms with van der Waals surface area (Å²) in [5.74, 6) is 0. The van der Waals surface area contributed by atoms with Crippen molar-refractivity contribution in [2.24, 2.45) is 5.10 Å². The maximum Gasteiger partial charge on any atom is 0.276 e. The number of rotatable bonds is 4. The molecule has 0 saturated carbocycles. The Bertz CT molecular complexity index is 754. The zero-order valence-corrected chi connectivity index (χ0v) is 13.5. The average molecular weight is 364 g/mol. The SMILES string of the molecule is O=S(=O)(N/N=C/c1c(Cl)cccc1Cl)c1ccc(Cl)cc1. The van der Waals surface area contributed by atoms with Gasteiger partial charge in [-0.05, 0) is 36.4 Å². The monoisotopic (exact) mass is 362 g/mol. The molecule has 0 fully saturated rings. The van der Waals surface area contributed by atoms with Crippen LogP contribution in [0.25, 0.3) is 0 Å². The Morgan fingerprint density at radius 2 is 1.52 bits per heavy atom. The van der Waals surface area contributed by atoms with Crippen molar-refractivity contribution in [1.82, 2.24) is 4.83 Å². The van der Waals surface area contributed by atoms with Crippen LogP contribution in [0.4, 0.5) is 0 Å². The molecule has 0 heterocycles. The Kier molecular flexibility index (Phi) is 5.11. The molecule has 0 aromatic heterocycles. The minimum atomic E-state index is -3.77. The van der Waals surface area contributed by atoms with Gasteiger partial charge < -0.3 is 0 Å². The summed E-state index contributed by atoms with van der Waals surface area (Å²) in [5.41, 5.74) is 0.430. The van der Waals surface area contributed by atoms with E-state index in [9.17, 15) is 8.42 Å². The van der Waals surface area contributed by atoms with Crippen molar-refractivity contribution in [1.29, 1.82) is 0 Å². The lowest BCUT2D eigenvalue weighted by Gasteiger charge is -2.04. The number of sulfonamides is 1. The average Bonchev–Trinajstić information content (AvgIpc) is 2.42. The lowest BCUT2D eigenvalue weighted by Crippen LogP contribution is -2.18. The molecular weight excluding hydrogens is 355 g/mol. The number of nitrogens with zero attached hydrogens (tertiary/aromatic N) is 1. The minimum Gasteiger partial charge on any atom is -0.200 e. The fourth-order valence-corrected chi connectivity index (χ4v) is 2.87. The van der Waals surface area contributed by atoms with Crippen LogP contribution in [0.2, 0.25) is 15.1 Å². The van der Waals surface area contributed by atoms with Gasteiger partial charge in [0.1, 0.15) is 0 Å². The highest BCUT2D eigenvalue weighted by atomic mass is 35.5. The van der Waals surface area contributed by atoms with Gasteiger partial charge in [-0.2, -0.15) is 13.5 Å². The van der Waals surface area contributed by atoms with Crippen molar-refractivity contribution in [3.8, 4) is 0 Å². The van der Waals surface area contributed by atoms with Gasteiger partial charge in [0.25, 0.3) is 10.0 Å². The van der Waals surface area contributed by atoms with Gasteiger partial charge in [0.15, 0.2) is 0 Å². The van der Waals surface area contributed by atoms with Gasteiger partial charge in [-0.3, -0.25) is 0 Å². The lowest BCUT2D eigenvalue weighted by molar-refractivity contribution is 0.584. The van der Waals surface area contributed by atoms with Gasteiger partial charge in [0, 0.05) is 10.6 Å². The van der Waals surface area contributed by atoms with Gasteiger partial charge in [-0.1, -0.05) is 40.9 Å². The third-order valence-electron chi connectivity index (χ3n) is 2.49. The van der Waals surface area contributed by atoms with E-state index in [1.165, 1.54) is 30.5 Å². The fourth-order valence-electron chi connectivity index (χ4n) is 1.46. The molecule has 21 heavy (non-hydrogen) atoms.